The van der Waals surface area contributed by atoms with Crippen molar-refractivity contribution in [3.63, 3.8) is 0 Å². The van der Waals surface area contributed by atoms with Gasteiger partial charge in [-0.3, -0.25) is 0 Å². The monoisotopic (exact) mass is 205 g/mol. The molecule has 1 aliphatic rings. The molecular formula is C13H19NO. The molecule has 82 valence electrons. The van der Waals surface area contributed by atoms with Gasteiger partial charge < -0.3 is 10.5 Å². The minimum atomic E-state index is 0.222. The van der Waals surface area contributed by atoms with Gasteiger partial charge in [0.1, 0.15) is 5.75 Å². The Hall–Kier alpha value is -1.02. The Labute approximate surface area is 91.4 Å². The van der Waals surface area contributed by atoms with Crippen molar-refractivity contribution >= 4 is 0 Å². The molecule has 0 amide bonds. The molecular weight excluding hydrogens is 186 g/mol. The second-order valence-electron chi connectivity index (χ2n) is 4.68. The Balaban J connectivity index is 2.40. The third-order valence-corrected chi connectivity index (χ3v) is 3.52. The number of hydrogen-bond acceptors (Lipinski definition) is 2. The molecule has 2 nitrogen and oxygen atoms in total. The average molecular weight is 205 g/mol. The van der Waals surface area contributed by atoms with Crippen LogP contribution < -0.4 is 10.5 Å². The molecule has 1 unspecified atom stereocenters. The smallest absolute Gasteiger partial charge is 0.119 e. The fourth-order valence-corrected chi connectivity index (χ4v) is 2.29. The summed E-state index contributed by atoms with van der Waals surface area (Å²) in [6, 6.07) is 6.65. The number of hydrogen-bond donors (Lipinski definition) is 1. The third kappa shape index (κ3) is 1.74. The van der Waals surface area contributed by atoms with E-state index in [4.69, 9.17) is 10.5 Å². The van der Waals surface area contributed by atoms with Gasteiger partial charge in [0.25, 0.3) is 0 Å². The van der Waals surface area contributed by atoms with E-state index in [-0.39, 0.29) is 11.5 Å². The van der Waals surface area contributed by atoms with Crippen molar-refractivity contribution in [2.24, 2.45) is 5.73 Å². The fourth-order valence-electron chi connectivity index (χ4n) is 2.29. The highest BCUT2D eigenvalue weighted by Crippen LogP contribution is 2.51. The fraction of sp³-hybridized carbons (Fsp3) is 0.538. The molecule has 0 spiro atoms. The number of methoxy groups -OCH3 is 1. The molecule has 0 aromatic heterocycles. The molecule has 1 saturated carbocycles. The summed E-state index contributed by atoms with van der Waals surface area (Å²) in [6.07, 6.45) is 2.41. The van der Waals surface area contributed by atoms with Gasteiger partial charge in [-0.15, -0.1) is 0 Å². The molecule has 15 heavy (non-hydrogen) atoms. The van der Waals surface area contributed by atoms with Crippen LogP contribution in [0.1, 0.15) is 30.9 Å². The number of ether oxygens (including phenoxy) is 1. The molecule has 0 saturated heterocycles. The highest BCUT2D eigenvalue weighted by molar-refractivity contribution is 5.42. The second-order valence-corrected chi connectivity index (χ2v) is 4.68. The molecule has 1 aliphatic carbocycles. The maximum Gasteiger partial charge on any atom is 0.119 e. The zero-order chi connectivity index (χ0) is 11.1. The summed E-state index contributed by atoms with van der Waals surface area (Å²) >= 11 is 0. The first-order valence-electron chi connectivity index (χ1n) is 5.50. The Morgan fingerprint density at radius 1 is 1.33 bits per heavy atom. The molecule has 0 aliphatic heterocycles. The van der Waals surface area contributed by atoms with Crippen molar-refractivity contribution in [2.75, 3.05) is 7.11 Å². The van der Waals surface area contributed by atoms with Gasteiger partial charge in [0.2, 0.25) is 0 Å². The molecule has 1 fully saturated rings. The van der Waals surface area contributed by atoms with Crippen molar-refractivity contribution < 1.29 is 4.74 Å². The molecule has 1 atom stereocenters. The Morgan fingerprint density at radius 3 is 2.47 bits per heavy atom. The largest absolute Gasteiger partial charge is 0.497 e. The van der Waals surface area contributed by atoms with E-state index in [2.05, 4.69) is 32.0 Å². The van der Waals surface area contributed by atoms with Gasteiger partial charge in [-0.25, -0.2) is 0 Å². The van der Waals surface area contributed by atoms with Crippen LogP contribution in [0.5, 0.6) is 5.75 Å². The summed E-state index contributed by atoms with van der Waals surface area (Å²) in [5, 5.41) is 0. The third-order valence-electron chi connectivity index (χ3n) is 3.52. The lowest BCUT2D eigenvalue weighted by atomic mass is 9.88. The lowest BCUT2D eigenvalue weighted by Gasteiger charge is -2.21. The van der Waals surface area contributed by atoms with Gasteiger partial charge in [-0.05, 0) is 49.9 Å². The van der Waals surface area contributed by atoms with E-state index < -0.39 is 0 Å². The topological polar surface area (TPSA) is 35.2 Å². The average Bonchev–Trinajstić information content (AvgIpc) is 2.97. The Kier molecular flexibility index (Phi) is 2.47. The van der Waals surface area contributed by atoms with Gasteiger partial charge in [0, 0.05) is 11.5 Å². The van der Waals surface area contributed by atoms with Crippen LogP contribution in [0.2, 0.25) is 0 Å². The summed E-state index contributed by atoms with van der Waals surface area (Å²) in [5.41, 5.74) is 8.88. The van der Waals surface area contributed by atoms with Crippen LogP contribution in [0.4, 0.5) is 0 Å². The molecule has 1 aromatic carbocycles. The summed E-state index contributed by atoms with van der Waals surface area (Å²) in [6.45, 7) is 4.20. The molecule has 0 heterocycles. The van der Waals surface area contributed by atoms with Crippen molar-refractivity contribution in [1.82, 2.24) is 0 Å². The molecule has 0 bridgehead atoms. The second kappa shape index (κ2) is 3.53. The normalized spacial score (nSPS) is 19.7. The Morgan fingerprint density at radius 2 is 2.00 bits per heavy atom. The van der Waals surface area contributed by atoms with Gasteiger partial charge in [-0.2, -0.15) is 0 Å². The predicted octanol–water partition coefficient (Wildman–Crippen LogP) is 2.38. The molecule has 2 heteroatoms. The maximum atomic E-state index is 6.07. The van der Waals surface area contributed by atoms with E-state index in [9.17, 15) is 0 Å². The van der Waals surface area contributed by atoms with E-state index in [1.54, 1.807) is 7.11 Å². The van der Waals surface area contributed by atoms with Crippen molar-refractivity contribution in [3.8, 4) is 5.75 Å². The van der Waals surface area contributed by atoms with Crippen LogP contribution >= 0.6 is 0 Å². The molecule has 2 N–H and O–H groups in total. The van der Waals surface area contributed by atoms with Gasteiger partial charge >= 0.3 is 0 Å². The van der Waals surface area contributed by atoms with Crippen molar-refractivity contribution in [2.45, 2.75) is 38.1 Å². The number of benzene rings is 1. The van der Waals surface area contributed by atoms with E-state index in [1.165, 1.54) is 24.0 Å². The van der Waals surface area contributed by atoms with E-state index >= 15 is 0 Å². The lowest BCUT2D eigenvalue weighted by Crippen LogP contribution is -2.31. The van der Waals surface area contributed by atoms with Gasteiger partial charge in [-0.1, -0.05) is 6.07 Å². The minimum Gasteiger partial charge on any atom is -0.497 e. The summed E-state index contributed by atoms with van der Waals surface area (Å²) < 4.78 is 5.30. The molecule has 0 radical (unpaired) electrons. The van der Waals surface area contributed by atoms with E-state index in [0.717, 1.165) is 5.75 Å². The first-order valence-corrected chi connectivity index (χ1v) is 5.50. The van der Waals surface area contributed by atoms with Crippen LogP contribution in [0.3, 0.4) is 0 Å². The van der Waals surface area contributed by atoms with Crippen LogP contribution in [0.25, 0.3) is 0 Å². The lowest BCUT2D eigenvalue weighted by molar-refractivity contribution is 0.412. The molecule has 1 aromatic rings. The number of nitrogens with two attached hydrogens (primary N) is 1. The number of aryl methyl sites for hydroxylation is 1. The highest BCUT2D eigenvalue weighted by atomic mass is 16.5. The van der Waals surface area contributed by atoms with Crippen LogP contribution in [-0.4, -0.2) is 13.2 Å². The van der Waals surface area contributed by atoms with Crippen LogP contribution in [0, 0.1) is 6.92 Å². The zero-order valence-electron chi connectivity index (χ0n) is 9.71. The SMILES string of the molecule is COc1cc(C)cc(C2(C(C)N)CC2)c1. The maximum absolute atomic E-state index is 6.07. The van der Waals surface area contributed by atoms with Crippen LogP contribution in [0.15, 0.2) is 18.2 Å². The molecule has 2 rings (SSSR count). The van der Waals surface area contributed by atoms with Gasteiger partial charge in [0.15, 0.2) is 0 Å². The predicted molar refractivity (Wildman–Crippen MR) is 62.3 cm³/mol. The van der Waals surface area contributed by atoms with Gasteiger partial charge in [0.05, 0.1) is 7.11 Å². The van der Waals surface area contributed by atoms with Crippen molar-refractivity contribution in [1.29, 1.82) is 0 Å². The van der Waals surface area contributed by atoms with E-state index in [1.807, 2.05) is 0 Å². The summed E-state index contributed by atoms with van der Waals surface area (Å²) in [5.74, 6) is 0.942. The summed E-state index contributed by atoms with van der Waals surface area (Å²) in [4.78, 5) is 0. The highest BCUT2D eigenvalue weighted by Gasteiger charge is 2.47. The first kappa shape index (κ1) is 10.5. The van der Waals surface area contributed by atoms with Crippen LogP contribution in [-0.2, 0) is 5.41 Å². The Bertz CT molecular complexity index is 367. The minimum absolute atomic E-state index is 0.222. The zero-order valence-corrected chi connectivity index (χ0v) is 9.71. The standard InChI is InChI=1S/C13H19NO/c1-9-6-11(8-12(7-9)15-3)13(4-5-13)10(2)14/h6-8,10H,4-5,14H2,1-3H3. The quantitative estimate of drug-likeness (QED) is 0.822. The van der Waals surface area contributed by atoms with E-state index in [0.29, 0.717) is 0 Å². The van der Waals surface area contributed by atoms with Crippen molar-refractivity contribution in [3.05, 3.63) is 29.3 Å². The first-order chi connectivity index (χ1) is 7.08. The summed E-state index contributed by atoms with van der Waals surface area (Å²) in [7, 11) is 1.71. The number of rotatable bonds is 3.